The lowest BCUT2D eigenvalue weighted by Crippen LogP contribution is -2.23. The molecule has 0 saturated heterocycles. The van der Waals surface area contributed by atoms with Gasteiger partial charge in [0.2, 0.25) is 0 Å². The van der Waals surface area contributed by atoms with Gasteiger partial charge >= 0.3 is 0 Å². The van der Waals surface area contributed by atoms with Crippen molar-refractivity contribution in [3.05, 3.63) is 53.1 Å². The van der Waals surface area contributed by atoms with Crippen LogP contribution in [0.15, 0.2) is 30.5 Å². The van der Waals surface area contributed by atoms with Crippen molar-refractivity contribution in [3.63, 3.8) is 0 Å². The van der Waals surface area contributed by atoms with Crippen molar-refractivity contribution in [1.29, 1.82) is 0 Å². The van der Waals surface area contributed by atoms with Crippen molar-refractivity contribution >= 4 is 0 Å². The number of aliphatic hydroxyl groups excluding tert-OH is 1. The van der Waals surface area contributed by atoms with E-state index >= 15 is 0 Å². The van der Waals surface area contributed by atoms with Crippen LogP contribution >= 0.6 is 0 Å². The molecule has 1 aromatic carbocycles. The van der Waals surface area contributed by atoms with E-state index in [1.807, 2.05) is 6.20 Å². The van der Waals surface area contributed by atoms with Gasteiger partial charge in [0.25, 0.3) is 0 Å². The molecule has 0 spiro atoms. The Bertz CT molecular complexity index is 559. The Morgan fingerprint density at radius 2 is 2.22 bits per heavy atom. The standard InChI is InChI=1S/C15H18N2O/c1-11-4-2-3-5-12(11)8-15-16-10-13-9-14(18)6-7-17(13)15/h2-5,10,14,18H,6-9H2,1H3. The second-order valence-corrected chi connectivity index (χ2v) is 5.07. The highest BCUT2D eigenvalue weighted by atomic mass is 16.3. The first-order valence-electron chi connectivity index (χ1n) is 6.50. The minimum absolute atomic E-state index is 0.194. The molecule has 2 aromatic rings. The highest BCUT2D eigenvalue weighted by molar-refractivity contribution is 5.29. The van der Waals surface area contributed by atoms with Gasteiger partial charge in [-0.05, 0) is 24.5 Å². The van der Waals surface area contributed by atoms with Crippen LogP contribution in [-0.4, -0.2) is 20.8 Å². The lowest BCUT2D eigenvalue weighted by atomic mass is 10.0. The highest BCUT2D eigenvalue weighted by Crippen LogP contribution is 2.20. The lowest BCUT2D eigenvalue weighted by Gasteiger charge is -2.21. The predicted octanol–water partition coefficient (Wildman–Crippen LogP) is 2.09. The van der Waals surface area contributed by atoms with Crippen molar-refractivity contribution in [2.24, 2.45) is 0 Å². The quantitative estimate of drug-likeness (QED) is 0.875. The predicted molar refractivity (Wildman–Crippen MR) is 70.5 cm³/mol. The first-order chi connectivity index (χ1) is 8.74. The minimum Gasteiger partial charge on any atom is -0.393 e. The van der Waals surface area contributed by atoms with Crippen LogP contribution in [0.5, 0.6) is 0 Å². The maximum absolute atomic E-state index is 9.66. The number of fused-ring (bicyclic) bond motifs is 1. The number of imidazole rings is 1. The van der Waals surface area contributed by atoms with Crippen molar-refractivity contribution in [3.8, 4) is 0 Å². The summed E-state index contributed by atoms with van der Waals surface area (Å²) in [7, 11) is 0. The largest absolute Gasteiger partial charge is 0.393 e. The Morgan fingerprint density at radius 3 is 3.06 bits per heavy atom. The van der Waals surface area contributed by atoms with Crippen LogP contribution in [0.25, 0.3) is 0 Å². The Labute approximate surface area is 107 Å². The summed E-state index contributed by atoms with van der Waals surface area (Å²) < 4.78 is 2.26. The molecule has 1 N–H and O–H groups in total. The summed E-state index contributed by atoms with van der Waals surface area (Å²) in [5.41, 5.74) is 3.81. The van der Waals surface area contributed by atoms with E-state index in [0.717, 1.165) is 37.3 Å². The molecule has 0 fully saturated rings. The van der Waals surface area contributed by atoms with Crippen molar-refractivity contribution in [2.75, 3.05) is 0 Å². The third kappa shape index (κ3) is 2.06. The molecule has 1 aliphatic rings. The first-order valence-corrected chi connectivity index (χ1v) is 6.50. The van der Waals surface area contributed by atoms with Gasteiger partial charge in [0.15, 0.2) is 0 Å². The normalized spacial score (nSPS) is 18.7. The zero-order valence-corrected chi connectivity index (χ0v) is 10.6. The minimum atomic E-state index is -0.194. The van der Waals surface area contributed by atoms with Crippen LogP contribution in [0.4, 0.5) is 0 Å². The monoisotopic (exact) mass is 242 g/mol. The summed E-state index contributed by atoms with van der Waals surface area (Å²) in [5.74, 6) is 1.12. The number of aromatic nitrogens is 2. The molecule has 3 heteroatoms. The van der Waals surface area contributed by atoms with Gasteiger partial charge in [-0.1, -0.05) is 24.3 Å². The van der Waals surface area contributed by atoms with Gasteiger partial charge in [-0.2, -0.15) is 0 Å². The zero-order chi connectivity index (χ0) is 12.5. The lowest BCUT2D eigenvalue weighted by molar-refractivity contribution is 0.143. The molecular formula is C15H18N2O. The number of hydrogen-bond acceptors (Lipinski definition) is 2. The second kappa shape index (κ2) is 4.58. The zero-order valence-electron chi connectivity index (χ0n) is 10.6. The summed E-state index contributed by atoms with van der Waals surface area (Å²) in [4.78, 5) is 4.52. The smallest absolute Gasteiger partial charge is 0.113 e. The highest BCUT2D eigenvalue weighted by Gasteiger charge is 2.19. The molecule has 1 aromatic heterocycles. The van der Waals surface area contributed by atoms with E-state index in [4.69, 9.17) is 0 Å². The van der Waals surface area contributed by atoms with Crippen molar-refractivity contribution in [1.82, 2.24) is 9.55 Å². The van der Waals surface area contributed by atoms with Gasteiger partial charge in [-0.25, -0.2) is 4.98 Å². The van der Waals surface area contributed by atoms with Crippen molar-refractivity contribution in [2.45, 2.75) is 38.8 Å². The van der Waals surface area contributed by atoms with Crippen molar-refractivity contribution < 1.29 is 5.11 Å². The molecule has 0 aliphatic carbocycles. The summed E-state index contributed by atoms with van der Waals surface area (Å²) in [6, 6.07) is 8.44. The Balaban J connectivity index is 1.88. The Morgan fingerprint density at radius 1 is 1.39 bits per heavy atom. The van der Waals surface area contributed by atoms with E-state index in [9.17, 15) is 5.11 Å². The number of benzene rings is 1. The van der Waals surface area contributed by atoms with Crippen LogP contribution in [0.3, 0.4) is 0 Å². The summed E-state index contributed by atoms with van der Waals surface area (Å²) in [6.45, 7) is 3.02. The average Bonchev–Trinajstić information content (AvgIpc) is 2.74. The molecule has 0 saturated carbocycles. The molecule has 0 radical (unpaired) electrons. The third-order valence-electron chi connectivity index (χ3n) is 3.76. The van der Waals surface area contributed by atoms with Crippen LogP contribution < -0.4 is 0 Å². The molecule has 1 unspecified atom stereocenters. The molecule has 1 aliphatic heterocycles. The molecule has 0 amide bonds. The van der Waals surface area contributed by atoms with Gasteiger partial charge in [-0.3, -0.25) is 0 Å². The molecule has 2 heterocycles. The number of aliphatic hydroxyl groups is 1. The fourth-order valence-electron chi connectivity index (χ4n) is 2.63. The average molecular weight is 242 g/mol. The number of hydrogen-bond donors (Lipinski definition) is 1. The Hall–Kier alpha value is -1.61. The molecule has 18 heavy (non-hydrogen) atoms. The van der Waals surface area contributed by atoms with Crippen LogP contribution in [-0.2, 0) is 19.4 Å². The molecular weight excluding hydrogens is 224 g/mol. The van der Waals surface area contributed by atoms with E-state index in [0.29, 0.717) is 0 Å². The van der Waals surface area contributed by atoms with Gasteiger partial charge in [0.1, 0.15) is 5.82 Å². The van der Waals surface area contributed by atoms with Gasteiger partial charge < -0.3 is 9.67 Å². The van der Waals surface area contributed by atoms with Gasteiger partial charge in [0, 0.05) is 31.3 Å². The van der Waals surface area contributed by atoms with Gasteiger partial charge in [0.05, 0.1) is 6.10 Å². The van der Waals surface area contributed by atoms with Gasteiger partial charge in [-0.15, -0.1) is 0 Å². The number of rotatable bonds is 2. The molecule has 3 rings (SSSR count). The number of aryl methyl sites for hydroxylation is 1. The molecule has 0 bridgehead atoms. The van der Waals surface area contributed by atoms with Crippen LogP contribution in [0.2, 0.25) is 0 Å². The summed E-state index contributed by atoms with van der Waals surface area (Å²) >= 11 is 0. The Kier molecular flexibility index (Phi) is 2.92. The number of nitrogens with zero attached hydrogens (tertiary/aromatic N) is 2. The first kappa shape index (κ1) is 11.5. The maximum atomic E-state index is 9.66. The topological polar surface area (TPSA) is 38.0 Å². The fraction of sp³-hybridized carbons (Fsp3) is 0.400. The summed E-state index contributed by atoms with van der Waals surface area (Å²) in [5, 5.41) is 9.66. The fourth-order valence-corrected chi connectivity index (χ4v) is 2.63. The maximum Gasteiger partial charge on any atom is 0.113 e. The summed E-state index contributed by atoms with van der Waals surface area (Å²) in [6.07, 6.45) is 4.17. The van der Waals surface area contributed by atoms with E-state index in [-0.39, 0.29) is 6.10 Å². The SMILES string of the molecule is Cc1ccccc1Cc1ncc2n1CCC(O)C2. The van der Waals surface area contributed by atoms with Crippen LogP contribution in [0, 0.1) is 6.92 Å². The van der Waals surface area contributed by atoms with E-state index in [1.54, 1.807) is 0 Å². The molecule has 3 nitrogen and oxygen atoms in total. The molecule has 94 valence electrons. The third-order valence-corrected chi connectivity index (χ3v) is 3.76. The second-order valence-electron chi connectivity index (χ2n) is 5.07. The van der Waals surface area contributed by atoms with E-state index in [1.165, 1.54) is 11.1 Å². The molecule has 1 atom stereocenters. The van der Waals surface area contributed by atoms with E-state index < -0.39 is 0 Å². The van der Waals surface area contributed by atoms with Crippen LogP contribution in [0.1, 0.15) is 29.1 Å². The van der Waals surface area contributed by atoms with E-state index in [2.05, 4.69) is 40.7 Å².